The van der Waals surface area contributed by atoms with Crippen molar-refractivity contribution in [3.05, 3.63) is 24.0 Å². The molecule has 0 spiro atoms. The Morgan fingerprint density at radius 2 is 1.71 bits per heavy atom. The Morgan fingerprint density at radius 3 is 2.18 bits per heavy atom. The largest absolute Gasteiger partial charge is 0.348 e. The number of rotatable bonds is 2. The van der Waals surface area contributed by atoms with Crippen molar-refractivity contribution in [1.29, 1.82) is 0 Å². The van der Waals surface area contributed by atoms with Gasteiger partial charge in [0.05, 0.1) is 0 Å². The summed E-state index contributed by atoms with van der Waals surface area (Å²) in [4.78, 5) is 10.8. The average Bonchev–Trinajstić information content (AvgIpc) is 2.76. The second-order valence-corrected chi connectivity index (χ2v) is 6.61. The van der Waals surface area contributed by atoms with E-state index in [4.69, 9.17) is 0 Å². The maximum atomic E-state index is 10.8. The minimum Gasteiger partial charge on any atom is -0.348 e. The maximum absolute atomic E-state index is 10.8. The van der Waals surface area contributed by atoms with E-state index in [9.17, 15) is 4.79 Å². The van der Waals surface area contributed by atoms with Crippen molar-refractivity contribution < 1.29 is 4.79 Å². The lowest BCUT2D eigenvalue weighted by atomic mass is 9.53. The molecule has 90 valence electrons. The predicted octanol–water partition coefficient (Wildman–Crippen LogP) is 3.23. The fourth-order valence-electron chi connectivity index (χ4n) is 5.16. The normalized spacial score (nSPS) is 42.9. The van der Waals surface area contributed by atoms with Crippen LogP contribution in [0.2, 0.25) is 0 Å². The molecule has 1 heterocycles. The molecule has 4 aliphatic rings. The van der Waals surface area contributed by atoms with E-state index in [1.54, 1.807) is 0 Å². The van der Waals surface area contributed by atoms with Crippen LogP contribution in [0.1, 0.15) is 48.9 Å². The maximum Gasteiger partial charge on any atom is 0.151 e. The van der Waals surface area contributed by atoms with Crippen LogP contribution in [0.15, 0.2) is 18.5 Å². The lowest BCUT2D eigenvalue weighted by molar-refractivity contribution is -0.0429. The standard InChI is InChI=1S/C15H19NO/c17-10-11-1-2-16(9-11)15-6-12-3-13(7-15)5-14(4-12)8-15/h1-2,9-10,12-14H,3-8H2. The Morgan fingerprint density at radius 1 is 1.12 bits per heavy atom. The molecule has 17 heavy (non-hydrogen) atoms. The van der Waals surface area contributed by atoms with Crippen LogP contribution in [0.4, 0.5) is 0 Å². The molecular formula is C15H19NO. The molecule has 1 aromatic heterocycles. The Bertz CT molecular complexity index is 424. The van der Waals surface area contributed by atoms with Gasteiger partial charge in [0.25, 0.3) is 0 Å². The van der Waals surface area contributed by atoms with Gasteiger partial charge in [0.15, 0.2) is 6.29 Å². The molecule has 4 aliphatic carbocycles. The summed E-state index contributed by atoms with van der Waals surface area (Å²) in [5, 5.41) is 0. The second-order valence-electron chi connectivity index (χ2n) is 6.61. The summed E-state index contributed by atoms with van der Waals surface area (Å²) in [6, 6.07) is 1.96. The molecule has 2 nitrogen and oxygen atoms in total. The van der Waals surface area contributed by atoms with Gasteiger partial charge in [-0.2, -0.15) is 0 Å². The van der Waals surface area contributed by atoms with Gasteiger partial charge in [-0.1, -0.05) is 0 Å². The van der Waals surface area contributed by atoms with E-state index < -0.39 is 0 Å². The number of nitrogens with zero attached hydrogens (tertiary/aromatic N) is 1. The highest BCUT2D eigenvalue weighted by Gasteiger charge is 2.51. The molecule has 0 atom stereocenters. The molecule has 0 unspecified atom stereocenters. The van der Waals surface area contributed by atoms with Crippen molar-refractivity contribution in [2.45, 2.75) is 44.1 Å². The molecule has 0 saturated heterocycles. The monoisotopic (exact) mass is 229 g/mol. The van der Waals surface area contributed by atoms with Gasteiger partial charge in [0.2, 0.25) is 0 Å². The van der Waals surface area contributed by atoms with Crippen LogP contribution in [0.25, 0.3) is 0 Å². The number of hydrogen-bond acceptors (Lipinski definition) is 1. The van der Waals surface area contributed by atoms with E-state index in [2.05, 4.69) is 17.0 Å². The van der Waals surface area contributed by atoms with Gasteiger partial charge in [-0.3, -0.25) is 4.79 Å². The summed E-state index contributed by atoms with van der Waals surface area (Å²) in [5.74, 6) is 2.88. The van der Waals surface area contributed by atoms with E-state index in [0.717, 1.165) is 29.6 Å². The quantitative estimate of drug-likeness (QED) is 0.714. The van der Waals surface area contributed by atoms with Crippen molar-refractivity contribution in [3.8, 4) is 0 Å². The van der Waals surface area contributed by atoms with Gasteiger partial charge in [-0.05, 0) is 62.3 Å². The molecule has 2 heteroatoms. The van der Waals surface area contributed by atoms with Gasteiger partial charge in [-0.25, -0.2) is 0 Å². The zero-order chi connectivity index (χ0) is 11.5. The van der Waals surface area contributed by atoms with E-state index in [1.807, 2.05) is 6.07 Å². The third-order valence-corrected chi connectivity index (χ3v) is 5.41. The number of carbonyl (C=O) groups excluding carboxylic acids is 1. The van der Waals surface area contributed by atoms with E-state index in [0.29, 0.717) is 5.54 Å². The van der Waals surface area contributed by atoms with Gasteiger partial charge in [-0.15, -0.1) is 0 Å². The smallest absolute Gasteiger partial charge is 0.151 e. The second kappa shape index (κ2) is 3.24. The Labute approximate surface area is 102 Å². The average molecular weight is 229 g/mol. The minimum absolute atomic E-state index is 0.371. The number of aldehydes is 1. The highest BCUT2D eigenvalue weighted by Crippen LogP contribution is 2.58. The third kappa shape index (κ3) is 1.36. The molecule has 0 radical (unpaired) electrons. The van der Waals surface area contributed by atoms with E-state index in [1.165, 1.54) is 38.5 Å². The summed E-state index contributed by atoms with van der Waals surface area (Å²) < 4.78 is 2.38. The number of carbonyl (C=O) groups is 1. The summed E-state index contributed by atoms with van der Waals surface area (Å²) in [6.45, 7) is 0. The highest BCUT2D eigenvalue weighted by molar-refractivity contribution is 5.74. The summed E-state index contributed by atoms with van der Waals surface area (Å²) in [5.41, 5.74) is 1.21. The Kier molecular flexibility index (Phi) is 1.89. The summed E-state index contributed by atoms with van der Waals surface area (Å²) >= 11 is 0. The number of hydrogen-bond donors (Lipinski definition) is 0. The third-order valence-electron chi connectivity index (χ3n) is 5.41. The zero-order valence-electron chi connectivity index (χ0n) is 10.1. The topological polar surface area (TPSA) is 22.0 Å². The first-order valence-electron chi connectivity index (χ1n) is 6.91. The van der Waals surface area contributed by atoms with Gasteiger partial charge >= 0.3 is 0 Å². The first kappa shape index (κ1) is 9.93. The summed E-state index contributed by atoms with van der Waals surface area (Å²) in [6.07, 6.45) is 13.7. The molecule has 0 aromatic carbocycles. The van der Waals surface area contributed by atoms with Crippen molar-refractivity contribution in [2.75, 3.05) is 0 Å². The Hall–Kier alpha value is -1.05. The molecule has 0 aliphatic heterocycles. The summed E-state index contributed by atoms with van der Waals surface area (Å²) in [7, 11) is 0. The van der Waals surface area contributed by atoms with Crippen LogP contribution in [0.3, 0.4) is 0 Å². The SMILES string of the molecule is O=Cc1ccn(C23CC4CC(CC(C4)C2)C3)c1. The van der Waals surface area contributed by atoms with Crippen molar-refractivity contribution in [1.82, 2.24) is 4.57 Å². The molecule has 4 bridgehead atoms. The van der Waals surface area contributed by atoms with Crippen molar-refractivity contribution in [2.24, 2.45) is 17.8 Å². The van der Waals surface area contributed by atoms with Crippen LogP contribution < -0.4 is 0 Å². The molecule has 0 N–H and O–H groups in total. The molecule has 5 rings (SSSR count). The van der Waals surface area contributed by atoms with Crippen LogP contribution in [0.5, 0.6) is 0 Å². The predicted molar refractivity (Wildman–Crippen MR) is 66.0 cm³/mol. The van der Waals surface area contributed by atoms with Gasteiger partial charge in [0, 0.05) is 23.5 Å². The van der Waals surface area contributed by atoms with Crippen LogP contribution in [0, 0.1) is 17.8 Å². The molecule has 0 amide bonds. The minimum atomic E-state index is 0.371. The number of aromatic nitrogens is 1. The Balaban J connectivity index is 1.74. The van der Waals surface area contributed by atoms with E-state index in [-0.39, 0.29) is 0 Å². The highest BCUT2D eigenvalue weighted by atomic mass is 16.1. The van der Waals surface area contributed by atoms with Crippen molar-refractivity contribution >= 4 is 6.29 Å². The fraction of sp³-hybridized carbons (Fsp3) is 0.667. The van der Waals surface area contributed by atoms with Gasteiger partial charge in [0.1, 0.15) is 0 Å². The van der Waals surface area contributed by atoms with Crippen LogP contribution in [-0.2, 0) is 5.54 Å². The molecule has 4 fully saturated rings. The zero-order valence-corrected chi connectivity index (χ0v) is 10.1. The van der Waals surface area contributed by atoms with E-state index >= 15 is 0 Å². The van der Waals surface area contributed by atoms with Crippen molar-refractivity contribution in [3.63, 3.8) is 0 Å². The van der Waals surface area contributed by atoms with Crippen LogP contribution >= 0.6 is 0 Å². The first-order valence-corrected chi connectivity index (χ1v) is 6.91. The fourth-order valence-corrected chi connectivity index (χ4v) is 5.16. The molecule has 1 aromatic rings. The molecular weight excluding hydrogens is 210 g/mol. The first-order chi connectivity index (χ1) is 8.27. The lowest BCUT2D eigenvalue weighted by Crippen LogP contribution is -2.51. The molecule has 4 saturated carbocycles. The van der Waals surface area contributed by atoms with Gasteiger partial charge < -0.3 is 4.57 Å². The van der Waals surface area contributed by atoms with Crippen LogP contribution in [-0.4, -0.2) is 10.9 Å². The lowest BCUT2D eigenvalue weighted by Gasteiger charge is -2.57.